The van der Waals surface area contributed by atoms with Crippen LogP contribution in [0.2, 0.25) is 0 Å². The molecule has 0 aliphatic rings. The van der Waals surface area contributed by atoms with Crippen molar-refractivity contribution in [2.75, 3.05) is 7.11 Å². The van der Waals surface area contributed by atoms with Gasteiger partial charge in [-0.15, -0.1) is 0 Å². The Kier molecular flexibility index (Phi) is 6.66. The molecule has 0 bridgehead atoms. The molecule has 1 aromatic carbocycles. The van der Waals surface area contributed by atoms with Crippen LogP contribution in [-0.4, -0.2) is 15.9 Å². The molecular formula is C8H11KO3S. The van der Waals surface area contributed by atoms with Crippen LogP contribution in [0.25, 0.3) is 0 Å². The summed E-state index contributed by atoms with van der Waals surface area (Å²) in [6.45, 7) is 1.77. The zero-order chi connectivity index (χ0) is 9.14. The van der Waals surface area contributed by atoms with Gasteiger partial charge >= 0.3 is 51.4 Å². The van der Waals surface area contributed by atoms with Crippen LogP contribution in [0, 0.1) is 6.92 Å². The summed E-state index contributed by atoms with van der Waals surface area (Å²) in [6.07, 6.45) is 0. The molecule has 68 valence electrons. The van der Waals surface area contributed by atoms with Gasteiger partial charge in [0.15, 0.2) is 11.1 Å². The van der Waals surface area contributed by atoms with Gasteiger partial charge in [0.25, 0.3) is 0 Å². The summed E-state index contributed by atoms with van der Waals surface area (Å²) in [5.74, 6) is 0.696. The second-order valence-electron chi connectivity index (χ2n) is 2.38. The summed E-state index contributed by atoms with van der Waals surface area (Å²) in [4.78, 5) is 0.427. The first-order valence-corrected chi connectivity index (χ1v) is 4.51. The van der Waals surface area contributed by atoms with E-state index < -0.39 is 11.1 Å². The SMILES string of the molecule is COc1ccc(S(=O)O)c(C)c1.[H-].[K+]. The molecule has 1 aromatic rings. The molecule has 0 radical (unpaired) electrons. The Morgan fingerprint density at radius 3 is 2.54 bits per heavy atom. The van der Waals surface area contributed by atoms with E-state index in [1.807, 2.05) is 0 Å². The Labute approximate surface area is 124 Å². The summed E-state index contributed by atoms with van der Waals surface area (Å²) < 4.78 is 24.4. The fourth-order valence-electron chi connectivity index (χ4n) is 0.945. The first kappa shape index (κ1) is 13.8. The van der Waals surface area contributed by atoms with Crippen LogP contribution >= 0.6 is 0 Å². The van der Waals surface area contributed by atoms with Gasteiger partial charge < -0.3 is 10.7 Å². The quantitative estimate of drug-likeness (QED) is 0.504. The fraction of sp³-hybridized carbons (Fsp3) is 0.250. The van der Waals surface area contributed by atoms with Gasteiger partial charge in [0.05, 0.1) is 12.0 Å². The first-order chi connectivity index (χ1) is 5.65. The molecule has 0 aliphatic heterocycles. The van der Waals surface area contributed by atoms with Gasteiger partial charge in [0, 0.05) is 0 Å². The fourth-order valence-corrected chi connectivity index (χ4v) is 1.46. The molecular weight excluding hydrogens is 215 g/mol. The molecule has 0 heterocycles. The molecule has 0 saturated carbocycles. The second-order valence-corrected chi connectivity index (χ2v) is 3.32. The van der Waals surface area contributed by atoms with E-state index in [1.165, 1.54) is 0 Å². The maximum Gasteiger partial charge on any atom is 1.00 e. The number of aryl methyl sites for hydroxylation is 1. The molecule has 1 N–H and O–H groups in total. The van der Waals surface area contributed by atoms with Crippen molar-refractivity contribution < 1.29 is 66.3 Å². The van der Waals surface area contributed by atoms with Gasteiger partial charge in [0.1, 0.15) is 5.75 Å². The van der Waals surface area contributed by atoms with Crippen molar-refractivity contribution >= 4 is 11.1 Å². The molecule has 1 atom stereocenters. The molecule has 1 rings (SSSR count). The van der Waals surface area contributed by atoms with Gasteiger partial charge in [-0.3, -0.25) is 0 Å². The minimum atomic E-state index is -1.91. The minimum Gasteiger partial charge on any atom is -1.00 e. The number of hydrogen-bond donors (Lipinski definition) is 1. The van der Waals surface area contributed by atoms with Crippen LogP contribution in [-0.2, 0) is 11.1 Å². The largest absolute Gasteiger partial charge is 1.00 e. The van der Waals surface area contributed by atoms with Gasteiger partial charge in [-0.05, 0) is 30.7 Å². The van der Waals surface area contributed by atoms with E-state index in [-0.39, 0.29) is 52.8 Å². The van der Waals surface area contributed by atoms with Crippen molar-refractivity contribution in [3.63, 3.8) is 0 Å². The molecule has 13 heavy (non-hydrogen) atoms. The minimum absolute atomic E-state index is 0. The third-order valence-corrected chi connectivity index (χ3v) is 2.40. The van der Waals surface area contributed by atoms with Crippen molar-refractivity contribution in [1.82, 2.24) is 0 Å². The predicted molar refractivity (Wildman–Crippen MR) is 47.9 cm³/mol. The molecule has 0 fully saturated rings. The standard InChI is InChI=1S/C8H10O3S.K.H/c1-6-5-7(11-2)3-4-8(6)12(9)10;;/h3-5H,1-2H3,(H,9,10);;/q;+1;-1. The van der Waals surface area contributed by atoms with Crippen LogP contribution in [0.3, 0.4) is 0 Å². The van der Waals surface area contributed by atoms with Crippen LogP contribution in [0.15, 0.2) is 23.1 Å². The van der Waals surface area contributed by atoms with Crippen LogP contribution in [0.5, 0.6) is 5.75 Å². The predicted octanol–water partition coefficient (Wildman–Crippen LogP) is -1.30. The Balaban J connectivity index is 0. The maximum atomic E-state index is 10.7. The summed E-state index contributed by atoms with van der Waals surface area (Å²) in [5.41, 5.74) is 0.759. The van der Waals surface area contributed by atoms with Crippen molar-refractivity contribution in [1.29, 1.82) is 0 Å². The Hall–Kier alpha value is 0.766. The first-order valence-electron chi connectivity index (χ1n) is 3.40. The Morgan fingerprint density at radius 1 is 1.54 bits per heavy atom. The van der Waals surface area contributed by atoms with E-state index in [0.717, 1.165) is 5.56 Å². The third-order valence-electron chi connectivity index (χ3n) is 1.57. The molecule has 0 saturated heterocycles. The Morgan fingerprint density at radius 2 is 2.15 bits per heavy atom. The summed E-state index contributed by atoms with van der Waals surface area (Å²) in [7, 11) is 1.56. The molecule has 0 aliphatic carbocycles. The molecule has 0 aromatic heterocycles. The molecule has 0 spiro atoms. The van der Waals surface area contributed by atoms with Gasteiger partial charge in [-0.25, -0.2) is 4.21 Å². The van der Waals surface area contributed by atoms with Gasteiger partial charge in [-0.1, -0.05) is 0 Å². The van der Waals surface area contributed by atoms with Crippen LogP contribution in [0.1, 0.15) is 6.99 Å². The zero-order valence-corrected chi connectivity index (χ0v) is 11.8. The molecule has 3 nitrogen and oxygen atoms in total. The topological polar surface area (TPSA) is 46.5 Å². The van der Waals surface area contributed by atoms with E-state index in [2.05, 4.69) is 0 Å². The normalized spacial score (nSPS) is 11.6. The summed E-state index contributed by atoms with van der Waals surface area (Å²) >= 11 is -1.91. The van der Waals surface area contributed by atoms with Gasteiger partial charge in [-0.2, -0.15) is 0 Å². The number of rotatable bonds is 2. The zero-order valence-electron chi connectivity index (χ0n) is 8.90. The van der Waals surface area contributed by atoms with Crippen LogP contribution < -0.4 is 56.1 Å². The molecule has 0 amide bonds. The van der Waals surface area contributed by atoms with Gasteiger partial charge in [0.2, 0.25) is 0 Å². The van der Waals surface area contributed by atoms with Crippen molar-refractivity contribution in [3.05, 3.63) is 23.8 Å². The monoisotopic (exact) mass is 226 g/mol. The second kappa shape index (κ2) is 6.29. The van der Waals surface area contributed by atoms with E-state index in [4.69, 9.17) is 9.29 Å². The summed E-state index contributed by atoms with van der Waals surface area (Å²) in [6, 6.07) is 4.98. The smallest absolute Gasteiger partial charge is 1.00 e. The molecule has 5 heteroatoms. The number of ether oxygens (including phenoxy) is 1. The third kappa shape index (κ3) is 3.79. The van der Waals surface area contributed by atoms with Crippen molar-refractivity contribution in [2.24, 2.45) is 0 Å². The van der Waals surface area contributed by atoms with E-state index in [1.54, 1.807) is 32.2 Å². The number of methoxy groups -OCH3 is 1. The Bertz CT molecular complexity index is 319. The van der Waals surface area contributed by atoms with E-state index in [0.29, 0.717) is 10.6 Å². The average Bonchev–Trinajstić information content (AvgIpc) is 2.03. The number of hydrogen-bond acceptors (Lipinski definition) is 2. The van der Waals surface area contributed by atoms with Crippen molar-refractivity contribution in [3.8, 4) is 5.75 Å². The maximum absolute atomic E-state index is 10.7. The average molecular weight is 226 g/mol. The van der Waals surface area contributed by atoms with E-state index in [9.17, 15) is 4.21 Å². The summed E-state index contributed by atoms with van der Waals surface area (Å²) in [5, 5.41) is 0. The molecule has 1 unspecified atom stereocenters. The van der Waals surface area contributed by atoms with Crippen molar-refractivity contribution in [2.45, 2.75) is 11.8 Å². The van der Waals surface area contributed by atoms with Crippen LogP contribution in [0.4, 0.5) is 0 Å². The van der Waals surface area contributed by atoms with E-state index >= 15 is 0 Å². The number of benzene rings is 1.